The van der Waals surface area contributed by atoms with Crippen molar-refractivity contribution >= 4 is 0 Å². The van der Waals surface area contributed by atoms with Crippen LogP contribution in [0.1, 0.15) is 32.2 Å². The smallest absolute Gasteiger partial charge is 0.0547 e. The zero-order chi connectivity index (χ0) is 12.9. The van der Waals surface area contributed by atoms with Crippen molar-refractivity contribution in [2.45, 2.75) is 33.9 Å². The van der Waals surface area contributed by atoms with Crippen molar-refractivity contribution in [2.24, 2.45) is 5.41 Å². The van der Waals surface area contributed by atoms with Gasteiger partial charge in [-0.3, -0.25) is 4.98 Å². The van der Waals surface area contributed by atoms with Gasteiger partial charge >= 0.3 is 0 Å². The van der Waals surface area contributed by atoms with Crippen molar-refractivity contribution in [2.75, 3.05) is 20.6 Å². The van der Waals surface area contributed by atoms with Crippen LogP contribution in [0.2, 0.25) is 0 Å². The van der Waals surface area contributed by atoms with E-state index in [4.69, 9.17) is 0 Å². The van der Waals surface area contributed by atoms with Crippen molar-refractivity contribution in [3.63, 3.8) is 0 Å². The summed E-state index contributed by atoms with van der Waals surface area (Å²) in [6, 6.07) is 6.24. The minimum atomic E-state index is 0.331. The van der Waals surface area contributed by atoms with E-state index in [2.05, 4.69) is 61.2 Å². The fourth-order valence-corrected chi connectivity index (χ4v) is 2.04. The van der Waals surface area contributed by atoms with Gasteiger partial charge < -0.3 is 10.2 Å². The minimum absolute atomic E-state index is 0.331. The first-order valence-corrected chi connectivity index (χ1v) is 6.19. The van der Waals surface area contributed by atoms with Crippen molar-refractivity contribution in [1.82, 2.24) is 15.2 Å². The summed E-state index contributed by atoms with van der Waals surface area (Å²) in [4.78, 5) is 6.95. The molecule has 0 atom stereocenters. The van der Waals surface area contributed by atoms with Crippen LogP contribution in [0.25, 0.3) is 0 Å². The van der Waals surface area contributed by atoms with Crippen LogP contribution in [0.5, 0.6) is 0 Å². The third kappa shape index (κ3) is 5.80. The van der Waals surface area contributed by atoms with Crippen LogP contribution in [-0.4, -0.2) is 30.5 Å². The Kier molecular flexibility index (Phi) is 5.09. The zero-order valence-electron chi connectivity index (χ0n) is 11.7. The van der Waals surface area contributed by atoms with E-state index >= 15 is 0 Å². The summed E-state index contributed by atoms with van der Waals surface area (Å²) in [5.41, 5.74) is 2.58. The maximum atomic E-state index is 4.63. The summed E-state index contributed by atoms with van der Waals surface area (Å²) in [5.74, 6) is 0. The van der Waals surface area contributed by atoms with E-state index in [-0.39, 0.29) is 0 Å². The summed E-state index contributed by atoms with van der Waals surface area (Å²) in [6.07, 6.45) is 0. The highest BCUT2D eigenvalue weighted by atomic mass is 15.1. The highest BCUT2D eigenvalue weighted by Gasteiger charge is 2.13. The summed E-state index contributed by atoms with van der Waals surface area (Å²) in [6.45, 7) is 9.59. The molecule has 96 valence electrons. The molecule has 0 aliphatic rings. The van der Waals surface area contributed by atoms with Gasteiger partial charge in [0.25, 0.3) is 0 Å². The van der Waals surface area contributed by atoms with Crippen LogP contribution in [0.3, 0.4) is 0 Å². The van der Waals surface area contributed by atoms with Crippen LogP contribution in [0.4, 0.5) is 0 Å². The van der Waals surface area contributed by atoms with Crippen LogP contribution in [0.15, 0.2) is 18.2 Å². The van der Waals surface area contributed by atoms with E-state index in [1.54, 1.807) is 0 Å². The molecular weight excluding hydrogens is 210 g/mol. The Morgan fingerprint density at radius 1 is 1.24 bits per heavy atom. The summed E-state index contributed by atoms with van der Waals surface area (Å²) >= 11 is 0. The molecule has 0 saturated carbocycles. The molecule has 0 unspecified atom stereocenters. The van der Waals surface area contributed by atoms with E-state index in [0.717, 1.165) is 31.0 Å². The Labute approximate surface area is 105 Å². The van der Waals surface area contributed by atoms with E-state index in [0.29, 0.717) is 5.41 Å². The fraction of sp³-hybridized carbons (Fsp3) is 0.643. The van der Waals surface area contributed by atoms with E-state index in [9.17, 15) is 0 Å². The maximum Gasteiger partial charge on any atom is 0.0547 e. The molecule has 1 N–H and O–H groups in total. The van der Waals surface area contributed by atoms with Crippen LogP contribution in [0, 0.1) is 5.41 Å². The van der Waals surface area contributed by atoms with Crippen LogP contribution >= 0.6 is 0 Å². The van der Waals surface area contributed by atoms with Crippen molar-refractivity contribution in [1.29, 1.82) is 0 Å². The Morgan fingerprint density at radius 2 is 1.88 bits per heavy atom. The molecule has 0 amide bonds. The number of aromatic nitrogens is 1. The minimum Gasteiger partial charge on any atom is -0.314 e. The predicted octanol–water partition coefficient (Wildman–Crippen LogP) is 2.28. The van der Waals surface area contributed by atoms with Gasteiger partial charge in [0.1, 0.15) is 0 Å². The second-order valence-electron chi connectivity index (χ2n) is 5.88. The molecule has 0 bridgehead atoms. The normalized spacial score (nSPS) is 12.1. The number of hydrogen-bond donors (Lipinski definition) is 1. The van der Waals surface area contributed by atoms with Crippen LogP contribution in [-0.2, 0) is 13.1 Å². The Balaban J connectivity index is 2.58. The SMILES string of the molecule is CNCc1cccc(CN(C)CC(C)(C)C)n1. The molecule has 0 fully saturated rings. The summed E-state index contributed by atoms with van der Waals surface area (Å²) in [5, 5.41) is 3.13. The van der Waals surface area contributed by atoms with E-state index < -0.39 is 0 Å². The molecule has 3 heteroatoms. The van der Waals surface area contributed by atoms with Gasteiger partial charge in [-0.15, -0.1) is 0 Å². The van der Waals surface area contributed by atoms with E-state index in [1.165, 1.54) is 0 Å². The van der Waals surface area contributed by atoms with E-state index in [1.807, 2.05) is 7.05 Å². The van der Waals surface area contributed by atoms with Crippen molar-refractivity contribution < 1.29 is 0 Å². The molecule has 0 radical (unpaired) electrons. The molecule has 0 spiro atoms. The lowest BCUT2D eigenvalue weighted by Gasteiger charge is -2.26. The predicted molar refractivity (Wildman–Crippen MR) is 72.8 cm³/mol. The summed E-state index contributed by atoms with van der Waals surface area (Å²) < 4.78 is 0. The molecule has 0 saturated heterocycles. The third-order valence-corrected chi connectivity index (χ3v) is 2.40. The number of hydrogen-bond acceptors (Lipinski definition) is 3. The quantitative estimate of drug-likeness (QED) is 0.848. The Morgan fingerprint density at radius 3 is 2.47 bits per heavy atom. The molecule has 1 rings (SSSR count). The first-order valence-electron chi connectivity index (χ1n) is 6.19. The number of pyridine rings is 1. The van der Waals surface area contributed by atoms with Gasteiger partial charge in [0.05, 0.1) is 11.4 Å². The second kappa shape index (κ2) is 6.12. The van der Waals surface area contributed by atoms with Gasteiger partial charge in [0.15, 0.2) is 0 Å². The van der Waals surface area contributed by atoms with Gasteiger partial charge in [-0.2, -0.15) is 0 Å². The maximum absolute atomic E-state index is 4.63. The molecular formula is C14H25N3. The number of rotatable bonds is 5. The molecule has 1 heterocycles. The lowest BCUT2D eigenvalue weighted by Crippen LogP contribution is -2.29. The largest absolute Gasteiger partial charge is 0.314 e. The van der Waals surface area contributed by atoms with Crippen molar-refractivity contribution in [3.05, 3.63) is 29.6 Å². The van der Waals surface area contributed by atoms with Crippen LogP contribution < -0.4 is 5.32 Å². The first kappa shape index (κ1) is 14.1. The molecule has 0 aliphatic carbocycles. The molecule has 0 aliphatic heterocycles. The average molecular weight is 235 g/mol. The fourth-order valence-electron chi connectivity index (χ4n) is 2.04. The summed E-state index contributed by atoms with van der Waals surface area (Å²) in [7, 11) is 4.09. The van der Waals surface area contributed by atoms with Crippen molar-refractivity contribution in [3.8, 4) is 0 Å². The Bertz CT molecular complexity index is 342. The number of nitrogens with one attached hydrogen (secondary N) is 1. The number of nitrogens with zero attached hydrogens (tertiary/aromatic N) is 2. The Hall–Kier alpha value is -0.930. The molecule has 1 aromatic heterocycles. The van der Waals surface area contributed by atoms with Gasteiger partial charge in [-0.1, -0.05) is 26.8 Å². The average Bonchev–Trinajstić information content (AvgIpc) is 2.15. The van der Waals surface area contributed by atoms with Gasteiger partial charge in [-0.25, -0.2) is 0 Å². The van der Waals surface area contributed by atoms with Gasteiger partial charge in [0, 0.05) is 19.6 Å². The first-order chi connectivity index (χ1) is 7.90. The lowest BCUT2D eigenvalue weighted by atomic mass is 9.96. The highest BCUT2D eigenvalue weighted by molar-refractivity contribution is 5.11. The standard InChI is InChI=1S/C14H25N3/c1-14(2,3)11-17(5)10-13-8-6-7-12(16-13)9-15-4/h6-8,15H,9-11H2,1-5H3. The zero-order valence-corrected chi connectivity index (χ0v) is 11.7. The molecule has 0 aromatic carbocycles. The lowest BCUT2D eigenvalue weighted by molar-refractivity contribution is 0.219. The highest BCUT2D eigenvalue weighted by Crippen LogP contribution is 2.15. The molecule has 17 heavy (non-hydrogen) atoms. The second-order valence-corrected chi connectivity index (χ2v) is 5.88. The molecule has 1 aromatic rings. The van der Waals surface area contributed by atoms with Gasteiger partial charge in [-0.05, 0) is 31.6 Å². The topological polar surface area (TPSA) is 28.2 Å². The monoisotopic (exact) mass is 235 g/mol. The van der Waals surface area contributed by atoms with Gasteiger partial charge in [0.2, 0.25) is 0 Å². The third-order valence-electron chi connectivity index (χ3n) is 2.40. The molecule has 3 nitrogen and oxygen atoms in total.